The zero-order valence-electron chi connectivity index (χ0n) is 15.4. The highest BCUT2D eigenvalue weighted by Gasteiger charge is 2.23. The number of nitrogens with zero attached hydrogens (tertiary/aromatic N) is 5. The van der Waals surface area contributed by atoms with Crippen LogP contribution in [-0.2, 0) is 6.54 Å². The van der Waals surface area contributed by atoms with Gasteiger partial charge in [-0.2, -0.15) is 4.98 Å². The maximum atomic E-state index is 12.5. The average molecular weight is 358 g/mol. The zero-order chi connectivity index (χ0) is 18.4. The Kier molecular flexibility index (Phi) is 6.17. The van der Waals surface area contributed by atoms with Gasteiger partial charge in [-0.3, -0.25) is 4.98 Å². The van der Waals surface area contributed by atoms with Crippen LogP contribution in [0.15, 0.2) is 29.0 Å². The molecule has 0 spiro atoms. The van der Waals surface area contributed by atoms with E-state index in [9.17, 15) is 4.79 Å². The second kappa shape index (κ2) is 8.75. The van der Waals surface area contributed by atoms with Gasteiger partial charge in [0, 0.05) is 37.6 Å². The molecule has 2 aromatic heterocycles. The number of urea groups is 1. The molecule has 3 heterocycles. The third kappa shape index (κ3) is 4.78. The van der Waals surface area contributed by atoms with Crippen molar-refractivity contribution in [2.75, 3.05) is 26.7 Å². The molecule has 1 aliphatic heterocycles. The van der Waals surface area contributed by atoms with Crippen LogP contribution >= 0.6 is 0 Å². The number of carbonyl (C=O) groups excluding carboxylic acids is 1. The quantitative estimate of drug-likeness (QED) is 0.851. The van der Waals surface area contributed by atoms with Gasteiger partial charge in [0.1, 0.15) is 6.54 Å². The van der Waals surface area contributed by atoms with Crippen LogP contribution in [0.5, 0.6) is 0 Å². The van der Waals surface area contributed by atoms with E-state index in [0.29, 0.717) is 11.7 Å². The van der Waals surface area contributed by atoms with Crippen LogP contribution in [0.1, 0.15) is 32.1 Å². The third-order valence-electron chi connectivity index (χ3n) is 4.48. The summed E-state index contributed by atoms with van der Waals surface area (Å²) in [5.74, 6) is 0.877. The molecule has 0 radical (unpaired) electrons. The first-order valence-electron chi connectivity index (χ1n) is 9.12. The number of hydrogen-bond acceptors (Lipinski definition) is 6. The topological polar surface area (TPSA) is 87.4 Å². The van der Waals surface area contributed by atoms with Gasteiger partial charge in [-0.15, -0.1) is 0 Å². The standard InChI is InChI=1S/C18H26N6O2/c1-3-9-24-10-5-7-15(12-24)20-18(25)23(2)13-16-21-17(22-26-16)14-6-4-8-19-11-14/h4,6,8,11,15H,3,5,7,9-10,12-13H2,1-2H3,(H,20,25)/t15-/m1/s1. The van der Waals surface area contributed by atoms with Crippen LogP contribution in [0.2, 0.25) is 0 Å². The van der Waals surface area contributed by atoms with Crippen LogP contribution < -0.4 is 5.32 Å². The van der Waals surface area contributed by atoms with Crippen molar-refractivity contribution in [3.05, 3.63) is 30.4 Å². The smallest absolute Gasteiger partial charge is 0.317 e. The van der Waals surface area contributed by atoms with Gasteiger partial charge in [0.25, 0.3) is 0 Å². The Morgan fingerprint density at radius 2 is 2.38 bits per heavy atom. The van der Waals surface area contributed by atoms with Crippen LogP contribution in [0.3, 0.4) is 0 Å². The summed E-state index contributed by atoms with van der Waals surface area (Å²) in [4.78, 5) is 24.8. The van der Waals surface area contributed by atoms with Gasteiger partial charge in [-0.05, 0) is 44.5 Å². The van der Waals surface area contributed by atoms with E-state index in [1.165, 1.54) is 0 Å². The number of likely N-dealkylation sites (tertiary alicyclic amines) is 1. The lowest BCUT2D eigenvalue weighted by Crippen LogP contribution is -2.50. The molecule has 0 aliphatic carbocycles. The Bertz CT molecular complexity index is 703. The molecule has 1 fully saturated rings. The van der Waals surface area contributed by atoms with E-state index >= 15 is 0 Å². The minimum atomic E-state index is -0.116. The van der Waals surface area contributed by atoms with Crippen molar-refractivity contribution < 1.29 is 9.32 Å². The number of piperidine rings is 1. The lowest BCUT2D eigenvalue weighted by molar-refractivity contribution is 0.168. The van der Waals surface area contributed by atoms with E-state index in [-0.39, 0.29) is 18.6 Å². The van der Waals surface area contributed by atoms with Crippen LogP contribution in [0, 0.1) is 0 Å². The molecule has 2 aromatic rings. The molecule has 1 atom stereocenters. The molecule has 140 valence electrons. The fourth-order valence-corrected chi connectivity index (χ4v) is 3.18. The molecule has 3 rings (SSSR count). The highest BCUT2D eigenvalue weighted by molar-refractivity contribution is 5.74. The van der Waals surface area contributed by atoms with Crippen LogP contribution in [0.4, 0.5) is 4.79 Å². The molecule has 0 saturated carbocycles. The summed E-state index contributed by atoms with van der Waals surface area (Å²) in [6.07, 6.45) is 6.64. The van der Waals surface area contributed by atoms with Gasteiger partial charge in [-0.1, -0.05) is 12.1 Å². The molecule has 2 amide bonds. The number of nitrogens with one attached hydrogen (secondary N) is 1. The highest BCUT2D eigenvalue weighted by atomic mass is 16.5. The first-order valence-corrected chi connectivity index (χ1v) is 9.12. The van der Waals surface area contributed by atoms with E-state index in [1.54, 1.807) is 24.3 Å². The molecule has 0 unspecified atom stereocenters. The first-order chi connectivity index (χ1) is 12.7. The van der Waals surface area contributed by atoms with Crippen molar-refractivity contribution in [1.82, 2.24) is 30.2 Å². The fraction of sp³-hybridized carbons (Fsp3) is 0.556. The van der Waals surface area contributed by atoms with Crippen molar-refractivity contribution in [3.63, 3.8) is 0 Å². The number of amides is 2. The minimum Gasteiger partial charge on any atom is -0.337 e. The molecular formula is C18H26N6O2. The molecule has 0 aromatic carbocycles. The van der Waals surface area contributed by atoms with Crippen molar-refractivity contribution in [2.24, 2.45) is 0 Å². The van der Waals surface area contributed by atoms with Gasteiger partial charge in [0.05, 0.1) is 0 Å². The normalized spacial score (nSPS) is 17.8. The summed E-state index contributed by atoms with van der Waals surface area (Å²) in [6.45, 7) is 5.57. The predicted octanol–water partition coefficient (Wildman–Crippen LogP) is 2.15. The number of pyridine rings is 1. The summed E-state index contributed by atoms with van der Waals surface area (Å²) in [5, 5.41) is 7.06. The Morgan fingerprint density at radius 3 is 3.15 bits per heavy atom. The number of aromatic nitrogens is 3. The third-order valence-corrected chi connectivity index (χ3v) is 4.48. The van der Waals surface area contributed by atoms with Crippen molar-refractivity contribution in [3.8, 4) is 11.4 Å². The van der Waals surface area contributed by atoms with E-state index in [2.05, 4.69) is 32.3 Å². The van der Waals surface area contributed by atoms with Gasteiger partial charge in [0.2, 0.25) is 11.7 Å². The number of hydrogen-bond donors (Lipinski definition) is 1. The Labute approximate surface area is 153 Å². The lowest BCUT2D eigenvalue weighted by Gasteiger charge is -2.33. The van der Waals surface area contributed by atoms with E-state index < -0.39 is 0 Å². The second-order valence-electron chi connectivity index (χ2n) is 6.70. The van der Waals surface area contributed by atoms with Crippen molar-refractivity contribution in [1.29, 1.82) is 0 Å². The van der Waals surface area contributed by atoms with Crippen molar-refractivity contribution in [2.45, 2.75) is 38.8 Å². The largest absolute Gasteiger partial charge is 0.337 e. The summed E-state index contributed by atoms with van der Waals surface area (Å²) >= 11 is 0. The number of carbonyl (C=O) groups is 1. The van der Waals surface area contributed by atoms with Crippen LogP contribution in [0.25, 0.3) is 11.4 Å². The zero-order valence-corrected chi connectivity index (χ0v) is 15.4. The SMILES string of the molecule is CCCN1CCC[C@@H](NC(=O)N(C)Cc2nc(-c3cccnc3)no2)C1. The van der Waals surface area contributed by atoms with Gasteiger partial charge in [0.15, 0.2) is 0 Å². The molecule has 26 heavy (non-hydrogen) atoms. The number of rotatable bonds is 6. The first kappa shape index (κ1) is 18.3. The Hall–Kier alpha value is -2.48. The molecule has 1 aliphatic rings. The minimum absolute atomic E-state index is 0.116. The maximum Gasteiger partial charge on any atom is 0.317 e. The summed E-state index contributed by atoms with van der Waals surface area (Å²) in [6, 6.07) is 3.76. The fourth-order valence-electron chi connectivity index (χ4n) is 3.18. The summed E-state index contributed by atoms with van der Waals surface area (Å²) in [7, 11) is 1.73. The Morgan fingerprint density at radius 1 is 1.50 bits per heavy atom. The van der Waals surface area contributed by atoms with Gasteiger partial charge in [-0.25, -0.2) is 4.79 Å². The maximum absolute atomic E-state index is 12.5. The van der Waals surface area contributed by atoms with E-state index in [4.69, 9.17) is 4.52 Å². The monoisotopic (exact) mass is 358 g/mol. The summed E-state index contributed by atoms with van der Waals surface area (Å²) in [5.41, 5.74) is 0.785. The van der Waals surface area contributed by atoms with Gasteiger partial charge >= 0.3 is 6.03 Å². The second-order valence-corrected chi connectivity index (χ2v) is 6.70. The lowest BCUT2D eigenvalue weighted by atomic mass is 10.1. The summed E-state index contributed by atoms with van der Waals surface area (Å²) < 4.78 is 5.26. The predicted molar refractivity (Wildman–Crippen MR) is 97.3 cm³/mol. The molecule has 1 N–H and O–H groups in total. The molecule has 0 bridgehead atoms. The van der Waals surface area contributed by atoms with Gasteiger partial charge < -0.3 is 19.6 Å². The van der Waals surface area contributed by atoms with Crippen LogP contribution in [-0.4, -0.2) is 63.7 Å². The van der Waals surface area contributed by atoms with E-state index in [0.717, 1.165) is 44.5 Å². The van der Waals surface area contributed by atoms with E-state index in [1.807, 2.05) is 12.1 Å². The Balaban J connectivity index is 1.52. The molecule has 8 heteroatoms. The molecular weight excluding hydrogens is 332 g/mol. The van der Waals surface area contributed by atoms with Crippen molar-refractivity contribution >= 4 is 6.03 Å². The highest BCUT2D eigenvalue weighted by Crippen LogP contribution is 2.15. The molecule has 1 saturated heterocycles. The molecule has 8 nitrogen and oxygen atoms in total. The average Bonchev–Trinajstić information content (AvgIpc) is 3.11.